The molecule has 1 amide bonds. The Morgan fingerprint density at radius 3 is 2.70 bits per heavy atom. The van der Waals surface area contributed by atoms with Gasteiger partial charge in [0, 0.05) is 11.4 Å². The van der Waals surface area contributed by atoms with Gasteiger partial charge in [0.15, 0.2) is 0 Å². The van der Waals surface area contributed by atoms with E-state index in [4.69, 9.17) is 0 Å². The minimum atomic E-state index is -0.402. The standard InChI is InChI=1S/C13H19N5O2/c1-7(2)10(6-19)15-12(20)11-16-13-14-8(3)5-9(4)18(13)17-11/h5,7,10,19H,6H2,1-4H3,(H,15,20). The molecule has 0 spiro atoms. The molecule has 20 heavy (non-hydrogen) atoms. The number of rotatable bonds is 4. The van der Waals surface area contributed by atoms with Gasteiger partial charge in [0.25, 0.3) is 11.7 Å². The van der Waals surface area contributed by atoms with Crippen LogP contribution in [0.5, 0.6) is 0 Å². The molecule has 0 saturated heterocycles. The van der Waals surface area contributed by atoms with E-state index in [1.165, 1.54) is 4.52 Å². The monoisotopic (exact) mass is 277 g/mol. The van der Waals surface area contributed by atoms with Crippen molar-refractivity contribution in [1.82, 2.24) is 24.9 Å². The molecular formula is C13H19N5O2. The molecule has 1 unspecified atom stereocenters. The van der Waals surface area contributed by atoms with Crippen LogP contribution in [-0.2, 0) is 0 Å². The summed E-state index contributed by atoms with van der Waals surface area (Å²) in [6.45, 7) is 7.47. The van der Waals surface area contributed by atoms with Crippen molar-refractivity contribution < 1.29 is 9.90 Å². The van der Waals surface area contributed by atoms with Crippen LogP contribution in [0.1, 0.15) is 35.9 Å². The van der Waals surface area contributed by atoms with E-state index in [2.05, 4.69) is 20.4 Å². The smallest absolute Gasteiger partial charge is 0.291 e. The first-order valence-corrected chi connectivity index (χ1v) is 6.55. The summed E-state index contributed by atoms with van der Waals surface area (Å²) in [6.07, 6.45) is 0. The zero-order valence-electron chi connectivity index (χ0n) is 12.1. The second-order valence-electron chi connectivity index (χ2n) is 5.19. The van der Waals surface area contributed by atoms with Crippen LogP contribution in [0.2, 0.25) is 0 Å². The van der Waals surface area contributed by atoms with Crippen molar-refractivity contribution in [2.75, 3.05) is 6.61 Å². The minimum Gasteiger partial charge on any atom is -0.394 e. The van der Waals surface area contributed by atoms with E-state index < -0.39 is 5.91 Å². The van der Waals surface area contributed by atoms with Gasteiger partial charge in [-0.15, -0.1) is 5.10 Å². The van der Waals surface area contributed by atoms with Crippen molar-refractivity contribution in [1.29, 1.82) is 0 Å². The zero-order chi connectivity index (χ0) is 14.9. The average molecular weight is 277 g/mol. The molecule has 0 radical (unpaired) electrons. The maximum Gasteiger partial charge on any atom is 0.291 e. The molecule has 0 aliphatic rings. The van der Waals surface area contributed by atoms with Crippen molar-refractivity contribution in [3.63, 3.8) is 0 Å². The molecule has 7 heteroatoms. The van der Waals surface area contributed by atoms with Crippen molar-refractivity contribution in [3.05, 3.63) is 23.3 Å². The molecule has 7 nitrogen and oxygen atoms in total. The number of fused-ring (bicyclic) bond motifs is 1. The largest absolute Gasteiger partial charge is 0.394 e. The number of aryl methyl sites for hydroxylation is 2. The second-order valence-corrected chi connectivity index (χ2v) is 5.19. The number of hydrogen-bond donors (Lipinski definition) is 2. The Bertz CT molecular complexity index is 635. The van der Waals surface area contributed by atoms with Crippen LogP contribution in [-0.4, -0.2) is 43.2 Å². The first-order chi connectivity index (χ1) is 9.42. The van der Waals surface area contributed by atoms with Crippen molar-refractivity contribution in [2.24, 2.45) is 5.92 Å². The molecule has 2 rings (SSSR count). The molecule has 108 valence electrons. The lowest BCUT2D eigenvalue weighted by Crippen LogP contribution is -2.41. The third-order valence-electron chi connectivity index (χ3n) is 3.14. The van der Waals surface area contributed by atoms with Gasteiger partial charge in [0.1, 0.15) is 0 Å². The molecule has 2 aromatic rings. The van der Waals surface area contributed by atoms with E-state index in [9.17, 15) is 9.90 Å². The van der Waals surface area contributed by atoms with E-state index in [1.807, 2.05) is 33.8 Å². The number of aliphatic hydroxyl groups excluding tert-OH is 1. The van der Waals surface area contributed by atoms with Crippen molar-refractivity contribution >= 4 is 11.7 Å². The molecular weight excluding hydrogens is 258 g/mol. The fourth-order valence-corrected chi connectivity index (χ4v) is 1.92. The summed E-state index contributed by atoms with van der Waals surface area (Å²) in [7, 11) is 0. The highest BCUT2D eigenvalue weighted by molar-refractivity contribution is 5.91. The van der Waals surface area contributed by atoms with Gasteiger partial charge in [-0.1, -0.05) is 13.8 Å². The number of carbonyl (C=O) groups is 1. The number of aliphatic hydroxyl groups is 1. The number of amides is 1. The zero-order valence-corrected chi connectivity index (χ0v) is 12.1. The summed E-state index contributed by atoms with van der Waals surface area (Å²) >= 11 is 0. The molecule has 2 heterocycles. The van der Waals surface area contributed by atoms with Crippen molar-refractivity contribution in [3.8, 4) is 0 Å². The molecule has 1 atom stereocenters. The predicted molar refractivity (Wildman–Crippen MR) is 73.4 cm³/mol. The van der Waals surface area contributed by atoms with E-state index in [-0.39, 0.29) is 24.4 Å². The van der Waals surface area contributed by atoms with Gasteiger partial charge in [-0.2, -0.15) is 4.98 Å². The van der Waals surface area contributed by atoms with E-state index in [0.29, 0.717) is 5.78 Å². The number of nitrogens with zero attached hydrogens (tertiary/aromatic N) is 4. The Hall–Kier alpha value is -2.02. The van der Waals surface area contributed by atoms with E-state index >= 15 is 0 Å². The maximum absolute atomic E-state index is 12.1. The highest BCUT2D eigenvalue weighted by Gasteiger charge is 2.20. The fraction of sp³-hybridized carbons (Fsp3) is 0.538. The Morgan fingerprint density at radius 2 is 2.10 bits per heavy atom. The molecule has 0 aliphatic heterocycles. The third kappa shape index (κ3) is 2.77. The lowest BCUT2D eigenvalue weighted by molar-refractivity contribution is 0.0886. The number of hydrogen-bond acceptors (Lipinski definition) is 5. The van der Waals surface area contributed by atoms with Gasteiger partial charge < -0.3 is 10.4 Å². The summed E-state index contributed by atoms with van der Waals surface area (Å²) in [5.41, 5.74) is 1.69. The Labute approximate surface area is 117 Å². The normalized spacial score (nSPS) is 12.9. The molecule has 2 N–H and O–H groups in total. The average Bonchev–Trinajstić information content (AvgIpc) is 2.79. The van der Waals surface area contributed by atoms with Gasteiger partial charge in [0.05, 0.1) is 12.6 Å². The van der Waals surface area contributed by atoms with Crippen molar-refractivity contribution in [2.45, 2.75) is 33.7 Å². The van der Waals surface area contributed by atoms with Crippen LogP contribution in [0.4, 0.5) is 0 Å². The molecule has 0 aromatic carbocycles. The van der Waals surface area contributed by atoms with Crippen LogP contribution in [0.3, 0.4) is 0 Å². The minimum absolute atomic E-state index is 0.0605. The third-order valence-corrected chi connectivity index (χ3v) is 3.14. The SMILES string of the molecule is Cc1cc(C)n2nc(C(=O)NC(CO)C(C)C)nc2n1. The Morgan fingerprint density at radius 1 is 1.40 bits per heavy atom. The van der Waals surface area contributed by atoms with Gasteiger partial charge in [-0.05, 0) is 25.8 Å². The Kier molecular flexibility index (Phi) is 3.99. The maximum atomic E-state index is 12.1. The summed E-state index contributed by atoms with van der Waals surface area (Å²) in [5, 5.41) is 16.1. The highest BCUT2D eigenvalue weighted by atomic mass is 16.3. The number of aromatic nitrogens is 4. The first kappa shape index (κ1) is 14.4. The van der Waals surface area contributed by atoms with Crippen LogP contribution in [0, 0.1) is 19.8 Å². The number of nitrogens with one attached hydrogen (secondary N) is 1. The van der Waals surface area contributed by atoms with Gasteiger partial charge in [-0.3, -0.25) is 4.79 Å². The molecule has 0 saturated carbocycles. The summed E-state index contributed by atoms with van der Waals surface area (Å²) < 4.78 is 1.53. The summed E-state index contributed by atoms with van der Waals surface area (Å²) in [6, 6.07) is 1.55. The van der Waals surface area contributed by atoms with Gasteiger partial charge in [0.2, 0.25) is 5.82 Å². The van der Waals surface area contributed by atoms with Gasteiger partial charge >= 0.3 is 0 Å². The lowest BCUT2D eigenvalue weighted by atomic mass is 10.1. The van der Waals surface area contributed by atoms with E-state index in [1.54, 1.807) is 0 Å². The van der Waals surface area contributed by atoms with E-state index in [0.717, 1.165) is 11.4 Å². The van der Waals surface area contributed by atoms with Crippen LogP contribution in [0.15, 0.2) is 6.07 Å². The van der Waals surface area contributed by atoms with Gasteiger partial charge in [-0.25, -0.2) is 9.50 Å². The second kappa shape index (κ2) is 5.54. The fourth-order valence-electron chi connectivity index (χ4n) is 1.92. The topological polar surface area (TPSA) is 92.4 Å². The number of carbonyl (C=O) groups excluding carboxylic acids is 1. The lowest BCUT2D eigenvalue weighted by Gasteiger charge is -2.18. The molecule has 2 aromatic heterocycles. The Balaban J connectivity index is 2.29. The molecule has 0 aliphatic carbocycles. The van der Waals surface area contributed by atoms with Crippen LogP contribution in [0.25, 0.3) is 5.78 Å². The summed E-state index contributed by atoms with van der Waals surface area (Å²) in [5.74, 6) is 0.187. The summed E-state index contributed by atoms with van der Waals surface area (Å²) in [4.78, 5) is 20.5. The quantitative estimate of drug-likeness (QED) is 0.848. The predicted octanol–water partition coefficient (Wildman–Crippen LogP) is 0.488. The highest BCUT2D eigenvalue weighted by Crippen LogP contribution is 2.06. The van der Waals surface area contributed by atoms with Crippen LogP contribution < -0.4 is 5.32 Å². The first-order valence-electron chi connectivity index (χ1n) is 6.55. The van der Waals surface area contributed by atoms with Crippen LogP contribution >= 0.6 is 0 Å². The molecule has 0 fully saturated rings. The molecule has 0 bridgehead atoms.